The van der Waals surface area contributed by atoms with Gasteiger partial charge in [-0.1, -0.05) is 115 Å². The predicted octanol–water partition coefficient (Wildman–Crippen LogP) is 6.66. The van der Waals surface area contributed by atoms with Crippen LogP contribution in [-0.4, -0.2) is 39.4 Å². The average Bonchev–Trinajstić information content (AvgIpc) is 3.62. The van der Waals surface area contributed by atoms with Crippen LogP contribution in [0.2, 0.25) is 0 Å². The van der Waals surface area contributed by atoms with E-state index < -0.39 is 0 Å². The summed E-state index contributed by atoms with van der Waals surface area (Å²) in [5.74, 6) is 2.20. The first kappa shape index (κ1) is 24.1. The van der Waals surface area contributed by atoms with Crippen LogP contribution in [0.5, 0.6) is 0 Å². The van der Waals surface area contributed by atoms with Crippen LogP contribution in [0.4, 0.5) is 5.82 Å². The van der Waals surface area contributed by atoms with Gasteiger partial charge in [0.1, 0.15) is 11.6 Å². The smallest absolute Gasteiger partial charge is 0.283 e. The molecule has 4 aromatic carbocycles. The number of rotatable bonds is 6. The van der Waals surface area contributed by atoms with Crippen LogP contribution in [0.3, 0.4) is 0 Å². The van der Waals surface area contributed by atoms with Crippen molar-refractivity contribution in [2.24, 2.45) is 4.99 Å². The molecule has 0 fully saturated rings. The van der Waals surface area contributed by atoms with Crippen LogP contribution < -0.4 is 4.90 Å². The second-order valence-electron chi connectivity index (χ2n) is 10.1. The zero-order chi connectivity index (χ0) is 27.1. The van der Waals surface area contributed by atoms with E-state index in [0.717, 1.165) is 33.9 Å². The standard InChI is InChI=1S/C34H29N5O/c1-2-37-33(40)30-32(39-23-29(35-34(37)39)27-16-10-5-11-17-27)38(22-24-12-6-3-7-13-24)31(36-30)28-20-18-26(19-21-28)25-14-8-4-9-15-25/h3-21,29H,2,22-23H2,1H3. The van der Waals surface area contributed by atoms with Gasteiger partial charge in [0, 0.05) is 12.1 Å². The number of nitrogens with zero attached hydrogens (tertiary/aromatic N) is 5. The third kappa shape index (κ3) is 4.09. The van der Waals surface area contributed by atoms with Crippen molar-refractivity contribution in [1.82, 2.24) is 14.5 Å². The van der Waals surface area contributed by atoms with Crippen molar-refractivity contribution in [3.8, 4) is 22.5 Å². The number of aliphatic imine (C=N–C) groups is 1. The minimum Gasteiger partial charge on any atom is -0.305 e. The van der Waals surface area contributed by atoms with Crippen molar-refractivity contribution >= 4 is 17.7 Å². The van der Waals surface area contributed by atoms with E-state index in [1.807, 2.05) is 61.5 Å². The molecule has 1 unspecified atom stereocenters. The highest BCUT2D eigenvalue weighted by atomic mass is 16.2. The SMILES string of the molecule is CCN1C(=O)c2nc(-c3ccc(-c4ccccc4)cc3)n(Cc3ccccc3)c2N2CC(c3ccccc3)N=C12. The van der Waals surface area contributed by atoms with Gasteiger partial charge < -0.3 is 4.57 Å². The van der Waals surface area contributed by atoms with E-state index in [2.05, 4.69) is 70.1 Å². The van der Waals surface area contributed by atoms with Gasteiger partial charge in [0.2, 0.25) is 5.96 Å². The number of benzene rings is 4. The molecule has 0 radical (unpaired) electrons. The Labute approximate surface area is 233 Å². The molecule has 40 heavy (non-hydrogen) atoms. The lowest BCUT2D eigenvalue weighted by Crippen LogP contribution is -2.50. The Hall–Kier alpha value is -4.97. The van der Waals surface area contributed by atoms with Crippen LogP contribution >= 0.6 is 0 Å². The molecule has 0 saturated carbocycles. The second-order valence-corrected chi connectivity index (χ2v) is 10.1. The van der Waals surface area contributed by atoms with E-state index in [1.165, 1.54) is 5.56 Å². The molecule has 1 amide bonds. The van der Waals surface area contributed by atoms with Gasteiger partial charge >= 0.3 is 0 Å². The average molecular weight is 524 g/mol. The molecule has 0 spiro atoms. The molecule has 0 N–H and O–H groups in total. The number of carbonyl (C=O) groups excluding carboxylic acids is 1. The molecular formula is C34H29N5O. The van der Waals surface area contributed by atoms with Gasteiger partial charge in [0.25, 0.3) is 5.91 Å². The number of carbonyl (C=O) groups is 1. The zero-order valence-electron chi connectivity index (χ0n) is 22.3. The zero-order valence-corrected chi connectivity index (χ0v) is 22.3. The van der Waals surface area contributed by atoms with E-state index in [0.29, 0.717) is 31.3 Å². The van der Waals surface area contributed by atoms with Crippen LogP contribution in [-0.2, 0) is 6.54 Å². The Kier molecular flexibility index (Phi) is 6.00. The Morgan fingerprint density at radius 2 is 1.35 bits per heavy atom. The fourth-order valence-corrected chi connectivity index (χ4v) is 5.70. The van der Waals surface area contributed by atoms with Crippen molar-refractivity contribution in [3.63, 3.8) is 0 Å². The lowest BCUT2D eigenvalue weighted by molar-refractivity contribution is 0.0841. The van der Waals surface area contributed by atoms with Gasteiger partial charge in [-0.2, -0.15) is 0 Å². The quantitative estimate of drug-likeness (QED) is 0.250. The Morgan fingerprint density at radius 1 is 0.750 bits per heavy atom. The summed E-state index contributed by atoms with van der Waals surface area (Å²) in [4.78, 5) is 27.9. The molecule has 196 valence electrons. The maximum atomic E-state index is 13.9. The summed E-state index contributed by atoms with van der Waals surface area (Å²) in [5, 5.41) is 0. The van der Waals surface area contributed by atoms with Gasteiger partial charge in [-0.25, -0.2) is 9.98 Å². The Balaban J connectivity index is 1.36. The molecule has 0 aliphatic carbocycles. The second kappa shape index (κ2) is 9.97. The molecule has 2 aliphatic rings. The number of hydrogen-bond acceptors (Lipinski definition) is 4. The van der Waals surface area contributed by atoms with Crippen LogP contribution in [0.25, 0.3) is 22.5 Å². The summed E-state index contributed by atoms with van der Waals surface area (Å²) in [6, 6.07) is 39.4. The third-order valence-corrected chi connectivity index (χ3v) is 7.69. The maximum absolute atomic E-state index is 13.9. The van der Waals surface area contributed by atoms with E-state index in [-0.39, 0.29) is 11.9 Å². The number of guanidine groups is 1. The topological polar surface area (TPSA) is 53.7 Å². The van der Waals surface area contributed by atoms with Gasteiger partial charge in [0.15, 0.2) is 5.69 Å². The van der Waals surface area contributed by atoms with Crippen molar-refractivity contribution in [2.75, 3.05) is 18.0 Å². The third-order valence-electron chi connectivity index (χ3n) is 7.69. The predicted molar refractivity (Wildman–Crippen MR) is 159 cm³/mol. The Bertz CT molecular complexity index is 1690. The summed E-state index contributed by atoms with van der Waals surface area (Å²) in [5.41, 5.74) is 6.04. The summed E-state index contributed by atoms with van der Waals surface area (Å²) >= 11 is 0. The molecule has 6 heteroatoms. The van der Waals surface area contributed by atoms with E-state index in [9.17, 15) is 4.79 Å². The molecule has 6 nitrogen and oxygen atoms in total. The minimum atomic E-state index is -0.102. The van der Waals surface area contributed by atoms with E-state index in [4.69, 9.17) is 9.98 Å². The Morgan fingerprint density at radius 3 is 2.02 bits per heavy atom. The largest absolute Gasteiger partial charge is 0.305 e. The van der Waals surface area contributed by atoms with Gasteiger partial charge in [-0.3, -0.25) is 14.6 Å². The normalized spacial score (nSPS) is 16.1. The number of aromatic nitrogens is 2. The first-order valence-corrected chi connectivity index (χ1v) is 13.7. The van der Waals surface area contributed by atoms with Crippen LogP contribution in [0.1, 0.15) is 34.6 Å². The fraction of sp³-hybridized carbons (Fsp3) is 0.147. The first-order chi connectivity index (χ1) is 19.7. The number of anilines is 1. The van der Waals surface area contributed by atoms with Gasteiger partial charge in [0.05, 0.1) is 19.1 Å². The minimum absolute atomic E-state index is 0.0577. The van der Waals surface area contributed by atoms with Crippen LogP contribution in [0, 0.1) is 0 Å². The maximum Gasteiger partial charge on any atom is 0.283 e. The molecule has 1 atom stereocenters. The van der Waals surface area contributed by atoms with Crippen molar-refractivity contribution in [2.45, 2.75) is 19.5 Å². The summed E-state index contributed by atoms with van der Waals surface area (Å²) < 4.78 is 2.19. The highest BCUT2D eigenvalue weighted by Gasteiger charge is 2.43. The molecule has 3 heterocycles. The molecule has 1 aromatic heterocycles. The molecule has 2 aliphatic heterocycles. The van der Waals surface area contributed by atoms with Crippen molar-refractivity contribution in [1.29, 1.82) is 0 Å². The van der Waals surface area contributed by atoms with Gasteiger partial charge in [-0.05, 0) is 29.2 Å². The van der Waals surface area contributed by atoms with Crippen molar-refractivity contribution in [3.05, 3.63) is 132 Å². The van der Waals surface area contributed by atoms with Crippen molar-refractivity contribution < 1.29 is 4.79 Å². The lowest BCUT2D eigenvalue weighted by Gasteiger charge is -2.33. The monoisotopic (exact) mass is 523 g/mol. The number of amides is 1. The highest BCUT2D eigenvalue weighted by Crippen LogP contribution is 2.39. The number of hydrogen-bond donors (Lipinski definition) is 0. The number of fused-ring (bicyclic) bond motifs is 3. The molecule has 0 saturated heterocycles. The summed E-state index contributed by atoms with van der Waals surface area (Å²) in [6.07, 6.45) is 0. The first-order valence-electron chi connectivity index (χ1n) is 13.7. The van der Waals surface area contributed by atoms with E-state index in [1.54, 1.807) is 4.90 Å². The van der Waals surface area contributed by atoms with Gasteiger partial charge in [-0.15, -0.1) is 0 Å². The van der Waals surface area contributed by atoms with E-state index >= 15 is 0 Å². The number of imidazole rings is 1. The summed E-state index contributed by atoms with van der Waals surface area (Å²) in [6.45, 7) is 3.77. The molecule has 7 rings (SSSR count). The summed E-state index contributed by atoms with van der Waals surface area (Å²) in [7, 11) is 0. The molecular weight excluding hydrogens is 494 g/mol. The molecule has 5 aromatic rings. The molecule has 0 bridgehead atoms. The lowest BCUT2D eigenvalue weighted by atomic mass is 10.0. The highest BCUT2D eigenvalue weighted by molar-refractivity contribution is 6.18. The fourth-order valence-electron chi connectivity index (χ4n) is 5.70. The van der Waals surface area contributed by atoms with Crippen LogP contribution in [0.15, 0.2) is 120 Å².